The average molecular weight is 401 g/mol. The van der Waals surface area contributed by atoms with Gasteiger partial charge >= 0.3 is 0 Å². The number of fused-ring (bicyclic) bond motifs is 1. The second kappa shape index (κ2) is 8.05. The van der Waals surface area contributed by atoms with Crippen molar-refractivity contribution in [2.24, 2.45) is 0 Å². The second-order valence-corrected chi connectivity index (χ2v) is 8.00. The molecule has 1 aromatic heterocycles. The van der Waals surface area contributed by atoms with Gasteiger partial charge in [-0.2, -0.15) is 5.10 Å². The zero-order valence-electron chi connectivity index (χ0n) is 16.0. The molecule has 0 saturated heterocycles. The highest BCUT2D eigenvalue weighted by atomic mass is 32.2. The van der Waals surface area contributed by atoms with Crippen LogP contribution in [0.3, 0.4) is 0 Å². The number of benzene rings is 1. The van der Waals surface area contributed by atoms with Crippen molar-refractivity contribution in [1.82, 2.24) is 15.1 Å². The molecule has 2 aromatic rings. The summed E-state index contributed by atoms with van der Waals surface area (Å²) in [7, 11) is 0. The highest BCUT2D eigenvalue weighted by Crippen LogP contribution is 2.42. The van der Waals surface area contributed by atoms with E-state index < -0.39 is 16.6 Å². The summed E-state index contributed by atoms with van der Waals surface area (Å²) in [6, 6.07) is 7.31. The Bertz CT molecular complexity index is 926. The lowest BCUT2D eigenvalue weighted by molar-refractivity contribution is -0.126. The van der Waals surface area contributed by atoms with Gasteiger partial charge in [0.15, 0.2) is 10.4 Å². The van der Waals surface area contributed by atoms with Crippen molar-refractivity contribution >= 4 is 40.9 Å². The molecule has 28 heavy (non-hydrogen) atoms. The van der Waals surface area contributed by atoms with Crippen LogP contribution < -0.4 is 16.0 Å². The Morgan fingerprint density at radius 2 is 2.04 bits per heavy atom. The SMILES string of the molecule is CCCNC(=O)c1nn(CC)cc1NC(=O)C1(C)Sc2ccccc2NC1=O. The van der Waals surface area contributed by atoms with Crippen LogP contribution in [0.25, 0.3) is 0 Å². The van der Waals surface area contributed by atoms with E-state index in [1.807, 2.05) is 32.0 Å². The van der Waals surface area contributed by atoms with E-state index in [-0.39, 0.29) is 17.3 Å². The number of carbonyl (C=O) groups excluding carboxylic acids is 3. The normalized spacial score (nSPS) is 18.2. The van der Waals surface area contributed by atoms with E-state index >= 15 is 0 Å². The summed E-state index contributed by atoms with van der Waals surface area (Å²) < 4.78 is 0.196. The third kappa shape index (κ3) is 3.75. The minimum absolute atomic E-state index is 0.133. The zero-order chi connectivity index (χ0) is 20.3. The fourth-order valence-corrected chi connectivity index (χ4v) is 3.83. The van der Waals surface area contributed by atoms with Crippen LogP contribution in [0.1, 0.15) is 37.7 Å². The first-order valence-electron chi connectivity index (χ1n) is 9.15. The predicted molar refractivity (Wildman–Crippen MR) is 108 cm³/mol. The summed E-state index contributed by atoms with van der Waals surface area (Å²) in [5.41, 5.74) is 1.10. The average Bonchev–Trinajstić information content (AvgIpc) is 3.10. The minimum Gasteiger partial charge on any atom is -0.351 e. The molecular formula is C19H23N5O3S. The molecule has 0 fully saturated rings. The number of nitrogens with one attached hydrogen (secondary N) is 3. The van der Waals surface area contributed by atoms with Crippen LogP contribution in [0.2, 0.25) is 0 Å². The van der Waals surface area contributed by atoms with Crippen molar-refractivity contribution in [2.75, 3.05) is 17.2 Å². The summed E-state index contributed by atoms with van der Waals surface area (Å²) in [6.07, 6.45) is 2.39. The minimum atomic E-state index is -1.38. The Kier molecular flexibility index (Phi) is 5.73. The molecule has 0 aliphatic carbocycles. The van der Waals surface area contributed by atoms with Crippen LogP contribution in [-0.4, -0.2) is 38.8 Å². The monoisotopic (exact) mass is 401 g/mol. The molecule has 1 atom stereocenters. The maximum absolute atomic E-state index is 13.0. The third-order valence-electron chi connectivity index (χ3n) is 4.40. The largest absolute Gasteiger partial charge is 0.351 e. The van der Waals surface area contributed by atoms with Crippen LogP contribution in [0.5, 0.6) is 0 Å². The molecule has 3 rings (SSSR count). The number of anilines is 2. The topological polar surface area (TPSA) is 105 Å². The highest BCUT2D eigenvalue weighted by molar-refractivity contribution is 8.02. The number of rotatable bonds is 6. The zero-order valence-corrected chi connectivity index (χ0v) is 16.9. The molecule has 0 radical (unpaired) electrons. The molecule has 1 aliphatic heterocycles. The maximum Gasteiger partial charge on any atom is 0.273 e. The van der Waals surface area contributed by atoms with Gasteiger partial charge in [-0.3, -0.25) is 19.1 Å². The Morgan fingerprint density at radius 3 is 2.75 bits per heavy atom. The molecule has 0 bridgehead atoms. The molecule has 148 valence electrons. The van der Waals surface area contributed by atoms with E-state index in [0.717, 1.165) is 11.3 Å². The molecule has 1 aliphatic rings. The van der Waals surface area contributed by atoms with Crippen LogP contribution in [0.15, 0.2) is 35.4 Å². The van der Waals surface area contributed by atoms with Gasteiger partial charge in [0, 0.05) is 24.2 Å². The number of thioether (sulfide) groups is 1. The first-order valence-corrected chi connectivity index (χ1v) is 9.97. The number of aromatic nitrogens is 2. The van der Waals surface area contributed by atoms with Gasteiger partial charge in [-0.25, -0.2) is 0 Å². The molecular weight excluding hydrogens is 378 g/mol. The summed E-state index contributed by atoms with van der Waals surface area (Å²) >= 11 is 1.18. The van der Waals surface area contributed by atoms with Crippen LogP contribution in [0.4, 0.5) is 11.4 Å². The summed E-state index contributed by atoms with van der Waals surface area (Å²) in [5.74, 6) is -1.28. The first-order chi connectivity index (χ1) is 13.4. The lowest BCUT2D eigenvalue weighted by Gasteiger charge is -2.31. The highest BCUT2D eigenvalue weighted by Gasteiger charge is 2.46. The van der Waals surface area contributed by atoms with Gasteiger partial charge in [0.25, 0.3) is 5.91 Å². The predicted octanol–water partition coefficient (Wildman–Crippen LogP) is 2.48. The number of para-hydroxylation sites is 1. The Hall–Kier alpha value is -2.81. The number of aryl methyl sites for hydroxylation is 1. The molecule has 3 amide bonds. The molecule has 9 heteroatoms. The maximum atomic E-state index is 13.0. The quantitative estimate of drug-likeness (QED) is 0.645. The molecule has 1 aromatic carbocycles. The van der Waals surface area contributed by atoms with E-state index in [2.05, 4.69) is 21.0 Å². The number of hydrogen-bond donors (Lipinski definition) is 3. The van der Waals surface area contributed by atoms with Crippen molar-refractivity contribution < 1.29 is 14.4 Å². The van der Waals surface area contributed by atoms with Crippen LogP contribution in [0, 0.1) is 0 Å². The molecule has 3 N–H and O–H groups in total. The van der Waals surface area contributed by atoms with Gasteiger partial charge in [-0.1, -0.05) is 30.8 Å². The standard InChI is InChI=1S/C19H23N5O3S/c1-4-10-20-16(25)15-13(11-24(5-2)23-15)22-18(27)19(3)17(26)21-12-8-6-7-9-14(12)28-19/h6-9,11H,4-5,10H2,1-3H3,(H,20,25)(H,21,26)(H,22,27). The Labute approximate surface area is 167 Å². The number of nitrogens with zero attached hydrogens (tertiary/aromatic N) is 2. The first kappa shape index (κ1) is 19.9. The van der Waals surface area contributed by atoms with Gasteiger partial charge in [-0.15, -0.1) is 0 Å². The van der Waals surface area contributed by atoms with Crippen molar-refractivity contribution in [3.63, 3.8) is 0 Å². The fourth-order valence-electron chi connectivity index (χ4n) is 2.72. The summed E-state index contributed by atoms with van der Waals surface area (Å²) in [6.45, 7) is 6.46. The van der Waals surface area contributed by atoms with Gasteiger partial charge in [-0.05, 0) is 32.4 Å². The van der Waals surface area contributed by atoms with E-state index in [0.29, 0.717) is 18.8 Å². The van der Waals surface area contributed by atoms with Gasteiger partial charge in [0.05, 0.1) is 11.4 Å². The van der Waals surface area contributed by atoms with Crippen LogP contribution in [-0.2, 0) is 16.1 Å². The van der Waals surface area contributed by atoms with Gasteiger partial charge in [0.1, 0.15) is 0 Å². The fraction of sp³-hybridized carbons (Fsp3) is 0.368. The molecule has 2 heterocycles. The van der Waals surface area contributed by atoms with Crippen molar-refractivity contribution in [1.29, 1.82) is 0 Å². The number of hydrogen-bond acceptors (Lipinski definition) is 5. The Morgan fingerprint density at radius 1 is 1.29 bits per heavy atom. The lowest BCUT2D eigenvalue weighted by Crippen LogP contribution is -2.49. The van der Waals surface area contributed by atoms with E-state index in [1.54, 1.807) is 23.9 Å². The third-order valence-corrected chi connectivity index (χ3v) is 5.76. The molecule has 0 saturated carbocycles. The molecule has 0 spiro atoms. The Balaban J connectivity index is 1.85. The van der Waals surface area contributed by atoms with Crippen LogP contribution >= 0.6 is 11.8 Å². The van der Waals surface area contributed by atoms with E-state index in [1.165, 1.54) is 11.8 Å². The van der Waals surface area contributed by atoms with Gasteiger partial charge in [0.2, 0.25) is 11.8 Å². The summed E-state index contributed by atoms with van der Waals surface area (Å²) in [5, 5.41) is 12.5. The lowest BCUT2D eigenvalue weighted by atomic mass is 10.1. The van der Waals surface area contributed by atoms with Crippen molar-refractivity contribution in [3.05, 3.63) is 36.2 Å². The van der Waals surface area contributed by atoms with Crippen molar-refractivity contribution in [2.45, 2.75) is 43.4 Å². The summed E-state index contributed by atoms with van der Waals surface area (Å²) in [4.78, 5) is 38.9. The van der Waals surface area contributed by atoms with Gasteiger partial charge < -0.3 is 16.0 Å². The number of carbonyl (C=O) groups is 3. The molecule has 1 unspecified atom stereocenters. The number of amides is 3. The van der Waals surface area contributed by atoms with E-state index in [4.69, 9.17) is 0 Å². The molecule has 8 nitrogen and oxygen atoms in total. The second-order valence-electron chi connectivity index (χ2n) is 6.54. The smallest absolute Gasteiger partial charge is 0.273 e. The van der Waals surface area contributed by atoms with Crippen molar-refractivity contribution in [3.8, 4) is 0 Å². The van der Waals surface area contributed by atoms with E-state index in [9.17, 15) is 14.4 Å².